The van der Waals surface area contributed by atoms with Gasteiger partial charge < -0.3 is 14.9 Å². The molecule has 0 amide bonds. The van der Waals surface area contributed by atoms with Crippen molar-refractivity contribution in [2.24, 2.45) is 0 Å². The summed E-state index contributed by atoms with van der Waals surface area (Å²) in [6.07, 6.45) is 1.56. The third-order valence-electron chi connectivity index (χ3n) is 2.35. The van der Waals surface area contributed by atoms with Crippen LogP contribution in [0.1, 0.15) is 5.56 Å². The van der Waals surface area contributed by atoms with E-state index in [-0.39, 0.29) is 6.54 Å². The molecule has 18 heavy (non-hydrogen) atoms. The van der Waals surface area contributed by atoms with Gasteiger partial charge in [-0.1, -0.05) is 0 Å². The van der Waals surface area contributed by atoms with Crippen LogP contribution < -0.4 is 4.90 Å². The van der Waals surface area contributed by atoms with Gasteiger partial charge in [0.1, 0.15) is 18.4 Å². The summed E-state index contributed by atoms with van der Waals surface area (Å²) >= 11 is 0. The lowest BCUT2D eigenvalue weighted by atomic mass is 10.2. The van der Waals surface area contributed by atoms with E-state index in [1.54, 1.807) is 23.2 Å². The number of carboxylic acid groups (broad SMARTS) is 1. The maximum absolute atomic E-state index is 10.9. The van der Waals surface area contributed by atoms with Crippen molar-refractivity contribution < 1.29 is 9.90 Å². The van der Waals surface area contributed by atoms with Crippen molar-refractivity contribution in [2.75, 3.05) is 38.6 Å². The number of nitrogens with zero attached hydrogens (tertiary/aromatic N) is 4. The molecule has 0 bridgehead atoms. The summed E-state index contributed by atoms with van der Waals surface area (Å²) in [4.78, 5) is 18.5. The molecule has 1 heterocycles. The molecule has 0 aliphatic heterocycles. The fourth-order valence-electron chi connectivity index (χ4n) is 1.48. The molecular formula is C12H16N4O2. The zero-order valence-corrected chi connectivity index (χ0v) is 10.5. The predicted octanol–water partition coefficient (Wildman–Crippen LogP) is 0.406. The van der Waals surface area contributed by atoms with Crippen molar-refractivity contribution in [1.29, 1.82) is 5.26 Å². The molecule has 0 saturated carbocycles. The zero-order chi connectivity index (χ0) is 13.5. The topological polar surface area (TPSA) is 80.5 Å². The first-order valence-electron chi connectivity index (χ1n) is 5.51. The molecule has 0 saturated heterocycles. The quantitative estimate of drug-likeness (QED) is 0.785. The molecule has 0 aromatic carbocycles. The van der Waals surface area contributed by atoms with Crippen LogP contribution in [0, 0.1) is 11.3 Å². The molecule has 1 rings (SSSR count). The zero-order valence-electron chi connectivity index (χ0n) is 10.5. The lowest BCUT2D eigenvalue weighted by Crippen LogP contribution is -2.36. The van der Waals surface area contributed by atoms with Crippen LogP contribution in [-0.2, 0) is 4.79 Å². The minimum absolute atomic E-state index is 0.167. The minimum atomic E-state index is -0.941. The average molecular weight is 248 g/mol. The van der Waals surface area contributed by atoms with Gasteiger partial charge in [0.05, 0.1) is 5.56 Å². The van der Waals surface area contributed by atoms with Crippen molar-refractivity contribution in [1.82, 2.24) is 9.88 Å². The Labute approximate surface area is 106 Å². The Bertz CT molecular complexity index is 454. The number of aliphatic carboxylic acids is 1. The van der Waals surface area contributed by atoms with Crippen LogP contribution in [-0.4, -0.2) is 54.7 Å². The van der Waals surface area contributed by atoms with Crippen LogP contribution >= 0.6 is 0 Å². The summed E-state index contributed by atoms with van der Waals surface area (Å²) < 4.78 is 0. The van der Waals surface area contributed by atoms with Gasteiger partial charge in [-0.2, -0.15) is 5.26 Å². The van der Waals surface area contributed by atoms with Crippen LogP contribution in [0.5, 0.6) is 0 Å². The highest BCUT2D eigenvalue weighted by molar-refractivity contribution is 5.74. The molecule has 0 spiro atoms. The highest BCUT2D eigenvalue weighted by atomic mass is 16.4. The number of anilines is 1. The van der Waals surface area contributed by atoms with Gasteiger partial charge >= 0.3 is 5.97 Å². The van der Waals surface area contributed by atoms with Crippen molar-refractivity contribution >= 4 is 11.8 Å². The molecule has 1 aromatic heterocycles. The molecule has 0 unspecified atom stereocenters. The van der Waals surface area contributed by atoms with E-state index in [1.165, 1.54) is 0 Å². The number of rotatable bonds is 6. The molecule has 0 aliphatic rings. The summed E-state index contributed by atoms with van der Waals surface area (Å²) in [5.41, 5.74) is 0.387. The average Bonchev–Trinajstić information content (AvgIpc) is 2.33. The maximum Gasteiger partial charge on any atom is 0.323 e. The van der Waals surface area contributed by atoms with Gasteiger partial charge in [-0.15, -0.1) is 0 Å². The first kappa shape index (κ1) is 13.9. The van der Waals surface area contributed by atoms with E-state index in [2.05, 4.69) is 4.98 Å². The van der Waals surface area contributed by atoms with Crippen molar-refractivity contribution in [2.45, 2.75) is 0 Å². The lowest BCUT2D eigenvalue weighted by Gasteiger charge is -2.24. The Balaban J connectivity index is 2.94. The fourth-order valence-corrected chi connectivity index (χ4v) is 1.48. The third-order valence-corrected chi connectivity index (χ3v) is 2.35. The second-order valence-electron chi connectivity index (χ2n) is 4.10. The molecule has 0 fully saturated rings. The van der Waals surface area contributed by atoms with Gasteiger partial charge in [0.15, 0.2) is 0 Å². The lowest BCUT2D eigenvalue weighted by molar-refractivity contribution is -0.135. The molecule has 1 N–H and O–H groups in total. The Kier molecular flexibility index (Phi) is 5.08. The summed E-state index contributed by atoms with van der Waals surface area (Å²) in [6.45, 7) is 1.03. The van der Waals surface area contributed by atoms with Crippen molar-refractivity contribution in [3.05, 3.63) is 23.9 Å². The molecule has 1 aromatic rings. The molecule has 96 valence electrons. The fraction of sp³-hybridized carbons (Fsp3) is 0.417. The van der Waals surface area contributed by atoms with E-state index in [1.807, 2.05) is 25.1 Å². The summed E-state index contributed by atoms with van der Waals surface area (Å²) in [7, 11) is 3.81. The summed E-state index contributed by atoms with van der Waals surface area (Å²) in [6, 6.07) is 5.32. The van der Waals surface area contributed by atoms with Crippen LogP contribution in [0.2, 0.25) is 0 Å². The van der Waals surface area contributed by atoms with Gasteiger partial charge in [0, 0.05) is 19.3 Å². The SMILES string of the molecule is CN(C)CCN(CC(=O)O)c1ncccc1C#N. The Morgan fingerprint density at radius 2 is 2.22 bits per heavy atom. The third kappa shape index (κ3) is 4.03. The van der Waals surface area contributed by atoms with Crippen LogP contribution in [0.3, 0.4) is 0 Å². The second-order valence-corrected chi connectivity index (χ2v) is 4.10. The Morgan fingerprint density at radius 3 is 2.78 bits per heavy atom. The first-order valence-corrected chi connectivity index (χ1v) is 5.51. The summed E-state index contributed by atoms with van der Waals surface area (Å²) in [5, 5.41) is 17.9. The van der Waals surface area contributed by atoms with Crippen molar-refractivity contribution in [3.63, 3.8) is 0 Å². The monoisotopic (exact) mass is 248 g/mol. The molecular weight excluding hydrogens is 232 g/mol. The number of likely N-dealkylation sites (N-methyl/N-ethyl adjacent to an activating group) is 1. The first-order chi connectivity index (χ1) is 8.54. The highest BCUT2D eigenvalue weighted by Gasteiger charge is 2.15. The molecule has 0 aliphatic carbocycles. The van der Waals surface area contributed by atoms with Gasteiger partial charge in [-0.3, -0.25) is 4.79 Å². The van der Waals surface area contributed by atoms with Crippen LogP contribution in [0.25, 0.3) is 0 Å². The van der Waals surface area contributed by atoms with Crippen molar-refractivity contribution in [3.8, 4) is 6.07 Å². The maximum atomic E-state index is 10.9. The Morgan fingerprint density at radius 1 is 1.50 bits per heavy atom. The molecule has 6 nitrogen and oxygen atoms in total. The van der Waals surface area contributed by atoms with Crippen LogP contribution in [0.15, 0.2) is 18.3 Å². The summed E-state index contributed by atoms with van der Waals surface area (Å²) in [5.74, 6) is -0.521. The van der Waals surface area contributed by atoms with E-state index in [0.717, 1.165) is 0 Å². The number of carbonyl (C=O) groups is 1. The largest absolute Gasteiger partial charge is 0.480 e. The number of hydrogen-bond donors (Lipinski definition) is 1. The second kappa shape index (κ2) is 6.57. The molecule has 6 heteroatoms. The number of carboxylic acids is 1. The number of nitriles is 1. The normalized spacial score (nSPS) is 10.1. The standard InChI is InChI=1S/C12H16N4O2/c1-15(2)6-7-16(9-11(17)18)12-10(8-13)4-3-5-14-12/h3-5H,6-7,9H2,1-2H3,(H,17,18). The Hall–Kier alpha value is -2.13. The number of aromatic nitrogens is 1. The van der Waals surface area contributed by atoms with E-state index in [9.17, 15) is 4.79 Å². The van der Waals surface area contributed by atoms with Gasteiger partial charge in [-0.05, 0) is 26.2 Å². The van der Waals surface area contributed by atoms with E-state index < -0.39 is 5.97 Å². The minimum Gasteiger partial charge on any atom is -0.480 e. The number of hydrogen-bond acceptors (Lipinski definition) is 5. The number of pyridine rings is 1. The van der Waals surface area contributed by atoms with Gasteiger partial charge in [-0.25, -0.2) is 4.98 Å². The van der Waals surface area contributed by atoms with Gasteiger partial charge in [0.25, 0.3) is 0 Å². The van der Waals surface area contributed by atoms with E-state index in [0.29, 0.717) is 24.5 Å². The van der Waals surface area contributed by atoms with E-state index >= 15 is 0 Å². The van der Waals surface area contributed by atoms with Crippen LogP contribution in [0.4, 0.5) is 5.82 Å². The molecule has 0 atom stereocenters. The highest BCUT2D eigenvalue weighted by Crippen LogP contribution is 2.15. The van der Waals surface area contributed by atoms with Gasteiger partial charge in [0.2, 0.25) is 0 Å². The predicted molar refractivity (Wildman–Crippen MR) is 67.4 cm³/mol. The van der Waals surface area contributed by atoms with E-state index in [4.69, 9.17) is 10.4 Å². The molecule has 0 radical (unpaired) electrons. The smallest absolute Gasteiger partial charge is 0.323 e.